The molecule has 9 heavy (non-hydrogen) atoms. The molecule has 2 heteroatoms. The Balaban J connectivity index is 3.44. The molecule has 54 valence electrons. The molecule has 0 unspecified atom stereocenters. The first-order valence-corrected chi connectivity index (χ1v) is 6.69. The Hall–Kier alpha value is -0.0831. The molecule has 0 fully saturated rings. The van der Waals surface area contributed by atoms with E-state index < -0.39 is 8.24 Å². The minimum atomic E-state index is -1.02. The van der Waals surface area contributed by atoms with Gasteiger partial charge in [0.1, 0.15) is 8.24 Å². The van der Waals surface area contributed by atoms with Crippen molar-refractivity contribution in [2.75, 3.05) is 6.54 Å². The predicted molar refractivity (Wildman–Crippen MR) is 46.2 cm³/mol. The van der Waals surface area contributed by atoms with Gasteiger partial charge in [0.15, 0.2) is 0 Å². The third-order valence-electron chi connectivity index (χ3n) is 1.61. The van der Waals surface area contributed by atoms with Crippen LogP contribution in [0.25, 0.3) is 0 Å². The molecular formula is C7H17NSi. The molecular weight excluding hydrogens is 126 g/mol. The van der Waals surface area contributed by atoms with Gasteiger partial charge in [-0.1, -0.05) is 26.1 Å². The molecule has 0 rings (SSSR count). The van der Waals surface area contributed by atoms with Gasteiger partial charge in [-0.3, -0.25) is 0 Å². The maximum atomic E-state index is 3.66. The van der Waals surface area contributed by atoms with E-state index in [9.17, 15) is 0 Å². The van der Waals surface area contributed by atoms with E-state index in [-0.39, 0.29) is 0 Å². The van der Waals surface area contributed by atoms with Crippen molar-refractivity contribution in [3.8, 4) is 0 Å². The SMILES string of the molecule is C=CCN[Si](C)(C)CC. The first-order valence-electron chi connectivity index (χ1n) is 3.48. The summed E-state index contributed by atoms with van der Waals surface area (Å²) in [7, 11) is -1.02. The molecule has 0 heterocycles. The van der Waals surface area contributed by atoms with E-state index in [2.05, 4.69) is 31.6 Å². The highest BCUT2D eigenvalue weighted by molar-refractivity contribution is 6.74. The van der Waals surface area contributed by atoms with Crippen LogP contribution in [0.5, 0.6) is 0 Å². The highest BCUT2D eigenvalue weighted by atomic mass is 28.3. The van der Waals surface area contributed by atoms with Crippen LogP contribution in [-0.4, -0.2) is 14.8 Å². The van der Waals surface area contributed by atoms with E-state index in [4.69, 9.17) is 0 Å². The first kappa shape index (κ1) is 8.92. The summed E-state index contributed by atoms with van der Waals surface area (Å²) in [6.45, 7) is 11.5. The third kappa shape index (κ3) is 4.42. The van der Waals surface area contributed by atoms with E-state index in [1.807, 2.05) is 6.08 Å². The molecule has 0 spiro atoms. The summed E-state index contributed by atoms with van der Waals surface area (Å²) in [6, 6.07) is 1.29. The summed E-state index contributed by atoms with van der Waals surface area (Å²) in [6.07, 6.45) is 1.92. The number of hydrogen-bond donors (Lipinski definition) is 1. The zero-order valence-corrected chi connectivity index (χ0v) is 7.70. The minimum Gasteiger partial charge on any atom is -0.334 e. The molecule has 0 aliphatic carbocycles. The number of rotatable bonds is 4. The number of hydrogen-bond acceptors (Lipinski definition) is 1. The number of nitrogens with one attached hydrogen (secondary N) is 1. The van der Waals surface area contributed by atoms with Crippen molar-refractivity contribution >= 4 is 8.24 Å². The van der Waals surface area contributed by atoms with Crippen LogP contribution in [-0.2, 0) is 0 Å². The molecule has 0 radical (unpaired) electrons. The Morgan fingerprint density at radius 3 is 2.44 bits per heavy atom. The van der Waals surface area contributed by atoms with Crippen LogP contribution in [0.3, 0.4) is 0 Å². The summed E-state index contributed by atoms with van der Waals surface area (Å²) < 4.78 is 0. The molecule has 0 aliphatic rings. The average Bonchev–Trinajstić information content (AvgIpc) is 1.84. The summed E-state index contributed by atoms with van der Waals surface area (Å²) >= 11 is 0. The lowest BCUT2D eigenvalue weighted by Gasteiger charge is -2.20. The fraction of sp³-hybridized carbons (Fsp3) is 0.714. The fourth-order valence-electron chi connectivity index (χ4n) is 0.473. The standard InChI is InChI=1S/C7H17NSi/c1-5-7-8-9(3,4)6-2/h5,8H,1,6-7H2,2-4H3. The van der Waals surface area contributed by atoms with Crippen molar-refractivity contribution < 1.29 is 0 Å². The van der Waals surface area contributed by atoms with Crippen molar-refractivity contribution in [3.63, 3.8) is 0 Å². The second kappa shape index (κ2) is 3.85. The summed E-state index contributed by atoms with van der Waals surface area (Å²) in [5.74, 6) is 0. The fourth-order valence-corrected chi connectivity index (χ4v) is 1.42. The normalized spacial score (nSPS) is 11.4. The average molecular weight is 143 g/mol. The van der Waals surface area contributed by atoms with Gasteiger partial charge in [0.05, 0.1) is 0 Å². The molecule has 1 nitrogen and oxygen atoms in total. The largest absolute Gasteiger partial charge is 0.334 e. The maximum Gasteiger partial charge on any atom is 0.119 e. The van der Waals surface area contributed by atoms with Crippen molar-refractivity contribution in [1.29, 1.82) is 0 Å². The lowest BCUT2D eigenvalue weighted by atomic mass is 10.7. The Kier molecular flexibility index (Phi) is 3.82. The van der Waals surface area contributed by atoms with Crippen LogP contribution in [0.2, 0.25) is 19.1 Å². The van der Waals surface area contributed by atoms with E-state index >= 15 is 0 Å². The molecule has 1 N–H and O–H groups in total. The quantitative estimate of drug-likeness (QED) is 0.469. The van der Waals surface area contributed by atoms with Gasteiger partial charge in [-0.2, -0.15) is 0 Å². The van der Waals surface area contributed by atoms with Gasteiger partial charge in [0.2, 0.25) is 0 Å². The molecule has 0 amide bonds. The molecule has 0 aromatic heterocycles. The molecule has 0 aromatic rings. The molecule has 0 aromatic carbocycles. The van der Waals surface area contributed by atoms with Crippen molar-refractivity contribution in [2.45, 2.75) is 26.1 Å². The molecule has 0 aliphatic heterocycles. The molecule has 0 saturated carbocycles. The second-order valence-electron chi connectivity index (χ2n) is 2.91. The van der Waals surface area contributed by atoms with E-state index in [0.717, 1.165) is 6.54 Å². The van der Waals surface area contributed by atoms with Gasteiger partial charge in [-0.15, -0.1) is 6.58 Å². The zero-order chi connectivity index (χ0) is 7.33. The topological polar surface area (TPSA) is 12.0 Å². The van der Waals surface area contributed by atoms with Gasteiger partial charge in [-0.25, -0.2) is 0 Å². The predicted octanol–water partition coefficient (Wildman–Crippen LogP) is 1.99. The molecule has 0 saturated heterocycles. The smallest absolute Gasteiger partial charge is 0.119 e. The van der Waals surface area contributed by atoms with Crippen LogP contribution < -0.4 is 4.98 Å². The van der Waals surface area contributed by atoms with Gasteiger partial charge in [-0.05, 0) is 6.04 Å². The Morgan fingerprint density at radius 2 is 2.11 bits per heavy atom. The molecule has 0 bridgehead atoms. The van der Waals surface area contributed by atoms with E-state index in [1.54, 1.807) is 0 Å². The van der Waals surface area contributed by atoms with Crippen molar-refractivity contribution in [3.05, 3.63) is 12.7 Å². The van der Waals surface area contributed by atoms with E-state index in [1.165, 1.54) is 6.04 Å². The van der Waals surface area contributed by atoms with Crippen LogP contribution in [0, 0.1) is 0 Å². The van der Waals surface area contributed by atoms with Gasteiger partial charge in [0.25, 0.3) is 0 Å². The third-order valence-corrected chi connectivity index (χ3v) is 4.54. The second-order valence-corrected chi connectivity index (χ2v) is 7.74. The van der Waals surface area contributed by atoms with Gasteiger partial charge < -0.3 is 4.98 Å². The lowest BCUT2D eigenvalue weighted by Crippen LogP contribution is -2.43. The summed E-state index contributed by atoms with van der Waals surface area (Å²) in [5.41, 5.74) is 0. The van der Waals surface area contributed by atoms with Crippen molar-refractivity contribution in [2.24, 2.45) is 0 Å². The highest BCUT2D eigenvalue weighted by Gasteiger charge is 2.14. The Bertz CT molecular complexity index is 88.9. The summed E-state index contributed by atoms with van der Waals surface area (Å²) in [4.78, 5) is 3.48. The first-order chi connectivity index (χ1) is 4.12. The van der Waals surface area contributed by atoms with Crippen LogP contribution >= 0.6 is 0 Å². The van der Waals surface area contributed by atoms with Crippen molar-refractivity contribution in [1.82, 2.24) is 4.98 Å². The van der Waals surface area contributed by atoms with Crippen LogP contribution in [0.4, 0.5) is 0 Å². The monoisotopic (exact) mass is 143 g/mol. The maximum absolute atomic E-state index is 3.66. The van der Waals surface area contributed by atoms with Gasteiger partial charge in [0, 0.05) is 6.54 Å². The van der Waals surface area contributed by atoms with Crippen LogP contribution in [0.1, 0.15) is 6.92 Å². The Morgan fingerprint density at radius 1 is 1.56 bits per heavy atom. The zero-order valence-electron chi connectivity index (χ0n) is 6.70. The summed E-state index contributed by atoms with van der Waals surface area (Å²) in [5, 5.41) is 0. The highest BCUT2D eigenvalue weighted by Crippen LogP contribution is 2.01. The minimum absolute atomic E-state index is 0.965. The van der Waals surface area contributed by atoms with Crippen LogP contribution in [0.15, 0.2) is 12.7 Å². The molecule has 0 atom stereocenters. The van der Waals surface area contributed by atoms with E-state index in [0.29, 0.717) is 0 Å². The lowest BCUT2D eigenvalue weighted by molar-refractivity contribution is 1.02. The van der Waals surface area contributed by atoms with Gasteiger partial charge >= 0.3 is 0 Å². The Labute approximate surface area is 59.3 Å².